The first-order valence-corrected chi connectivity index (χ1v) is 16.6. The highest BCUT2D eigenvalue weighted by Crippen LogP contribution is 2.39. The summed E-state index contributed by atoms with van der Waals surface area (Å²) in [5.74, 6) is -1.22. The van der Waals surface area contributed by atoms with Crippen molar-refractivity contribution in [1.82, 2.24) is 24.6 Å². The Bertz CT molecular complexity index is 1590. The summed E-state index contributed by atoms with van der Waals surface area (Å²) in [6.45, 7) is 3.43. The number of ether oxygens (including phenoxy) is 1. The number of carbonyl (C=O) groups is 2. The predicted molar refractivity (Wildman–Crippen MR) is 170 cm³/mol. The lowest BCUT2D eigenvalue weighted by Crippen LogP contribution is -2.57. The molecule has 3 atom stereocenters. The molecule has 3 heterocycles. The highest BCUT2D eigenvalue weighted by Gasteiger charge is 2.42. The van der Waals surface area contributed by atoms with E-state index in [0.717, 1.165) is 5.56 Å². The second-order valence-corrected chi connectivity index (χ2v) is 13.1. The van der Waals surface area contributed by atoms with Gasteiger partial charge in [0.1, 0.15) is 6.10 Å². The molecule has 3 aromatic rings. The average Bonchev–Trinajstić information content (AvgIpc) is 3.52. The lowest BCUT2D eigenvalue weighted by atomic mass is 9.87. The fraction of sp³-hybridized carbons (Fsp3) is 0.559. The largest absolute Gasteiger partial charge is 0.481 e. The van der Waals surface area contributed by atoms with Crippen molar-refractivity contribution in [3.05, 3.63) is 59.7 Å². The first kappa shape index (κ1) is 36.9. The molecular weight excluding hydrogens is 670 g/mol. The summed E-state index contributed by atoms with van der Waals surface area (Å²) in [6, 6.07) is 0.328. The van der Waals surface area contributed by atoms with Gasteiger partial charge in [0, 0.05) is 61.4 Å². The third-order valence-electron chi connectivity index (χ3n) is 9.69. The van der Waals surface area contributed by atoms with Crippen molar-refractivity contribution in [3.8, 4) is 11.1 Å². The fourth-order valence-corrected chi connectivity index (χ4v) is 7.02. The molecule has 2 aromatic heterocycles. The molecule has 2 aliphatic rings. The van der Waals surface area contributed by atoms with Crippen LogP contribution in [0.3, 0.4) is 0 Å². The number of rotatable bonds is 9. The minimum Gasteiger partial charge on any atom is -0.481 e. The Labute approximate surface area is 285 Å². The summed E-state index contributed by atoms with van der Waals surface area (Å²) in [5.41, 5.74) is -1.70. The van der Waals surface area contributed by atoms with Crippen LogP contribution in [0, 0.1) is 5.92 Å². The molecule has 2 fully saturated rings. The van der Waals surface area contributed by atoms with E-state index in [-0.39, 0.29) is 36.2 Å². The average molecular weight is 711 g/mol. The SMILES string of the molecule is CC[C@@H]1CC(N(Cc2cc(C(F)(F)F)cc(C(F)(F)F)c2)c2ncc(-c3cnn(C)c3)cn2)C[C@H](CC)N1C(=O)O[C@H]1CC[C@H](C(=O)O)CC1. The van der Waals surface area contributed by atoms with Gasteiger partial charge in [0.2, 0.25) is 5.95 Å². The number of piperidine rings is 1. The quantitative estimate of drug-likeness (QED) is 0.225. The number of aryl methyl sites for hydroxylation is 1. The van der Waals surface area contributed by atoms with E-state index >= 15 is 0 Å². The van der Waals surface area contributed by atoms with Crippen molar-refractivity contribution in [1.29, 1.82) is 0 Å². The maximum Gasteiger partial charge on any atom is 0.416 e. The number of aromatic nitrogens is 4. The summed E-state index contributed by atoms with van der Waals surface area (Å²) in [7, 11) is 1.74. The highest BCUT2D eigenvalue weighted by molar-refractivity contribution is 5.70. The molecule has 0 spiro atoms. The monoisotopic (exact) mass is 710 g/mol. The molecule has 5 rings (SSSR count). The molecule has 1 N–H and O–H groups in total. The zero-order chi connectivity index (χ0) is 36.4. The van der Waals surface area contributed by atoms with Gasteiger partial charge in [0.05, 0.1) is 23.2 Å². The smallest absolute Gasteiger partial charge is 0.416 e. The lowest BCUT2D eigenvalue weighted by Gasteiger charge is -2.47. The van der Waals surface area contributed by atoms with Crippen molar-refractivity contribution in [2.24, 2.45) is 13.0 Å². The number of likely N-dealkylation sites (tertiary alicyclic amines) is 1. The number of carboxylic acids is 1. The van der Waals surface area contributed by atoms with Gasteiger partial charge < -0.3 is 19.6 Å². The van der Waals surface area contributed by atoms with Gasteiger partial charge >= 0.3 is 24.4 Å². The Morgan fingerprint density at radius 1 is 0.880 bits per heavy atom. The summed E-state index contributed by atoms with van der Waals surface area (Å²) in [4.78, 5) is 37.3. The molecule has 1 saturated heterocycles. The van der Waals surface area contributed by atoms with Crippen LogP contribution in [0.4, 0.5) is 37.1 Å². The third-order valence-corrected chi connectivity index (χ3v) is 9.69. The van der Waals surface area contributed by atoms with E-state index in [0.29, 0.717) is 69.1 Å². The second-order valence-electron chi connectivity index (χ2n) is 13.1. The zero-order valence-corrected chi connectivity index (χ0v) is 27.9. The number of hydrogen-bond acceptors (Lipinski definition) is 7. The molecule has 0 bridgehead atoms. The highest BCUT2D eigenvalue weighted by atomic mass is 19.4. The summed E-state index contributed by atoms with van der Waals surface area (Å²) < 4.78 is 90.3. The van der Waals surface area contributed by atoms with Gasteiger partial charge in [-0.15, -0.1) is 0 Å². The Balaban J connectivity index is 1.46. The van der Waals surface area contributed by atoms with E-state index in [1.54, 1.807) is 33.9 Å². The number of amides is 1. The predicted octanol–water partition coefficient (Wildman–Crippen LogP) is 7.72. The van der Waals surface area contributed by atoms with E-state index in [9.17, 15) is 41.0 Å². The third kappa shape index (κ3) is 8.49. The molecule has 1 aliphatic heterocycles. The molecule has 1 saturated carbocycles. The van der Waals surface area contributed by atoms with Gasteiger partial charge in [-0.2, -0.15) is 31.4 Å². The van der Waals surface area contributed by atoms with Crippen LogP contribution < -0.4 is 4.90 Å². The standard InChI is InChI=1S/C34H40F6N6O4/c1-4-26-13-28(14-27(5-2)46(26)32(49)50-29-8-6-21(7-9-29)30(47)48)45(31-41-15-22(16-42-31)23-17-43-44(3)19-23)18-20-10-24(33(35,36)37)12-25(11-20)34(38,39)40/h10-12,15-17,19,21,26-29H,4-9,13-14,18H2,1-3H3,(H,47,48)/t21-,26-,27+,28?,29-. The molecular formula is C34H40F6N6O4. The van der Waals surface area contributed by atoms with Gasteiger partial charge in [0.15, 0.2) is 0 Å². The van der Waals surface area contributed by atoms with Crippen LogP contribution >= 0.6 is 0 Å². The molecule has 0 radical (unpaired) electrons. The number of hydrogen-bond donors (Lipinski definition) is 1. The molecule has 16 heteroatoms. The number of anilines is 1. The van der Waals surface area contributed by atoms with Crippen LogP contribution in [0.25, 0.3) is 11.1 Å². The number of carbonyl (C=O) groups excluding carboxylic acids is 1. The number of alkyl halides is 6. The van der Waals surface area contributed by atoms with E-state index in [2.05, 4.69) is 15.1 Å². The number of aliphatic carboxylic acids is 1. The van der Waals surface area contributed by atoms with E-state index in [1.807, 2.05) is 13.8 Å². The maximum absolute atomic E-state index is 13.8. The van der Waals surface area contributed by atoms with Gasteiger partial charge in [-0.1, -0.05) is 13.8 Å². The van der Waals surface area contributed by atoms with Gasteiger partial charge in [-0.3, -0.25) is 9.48 Å². The number of carboxylic acid groups (broad SMARTS) is 1. The second kappa shape index (κ2) is 14.9. The minimum absolute atomic E-state index is 0.103. The zero-order valence-electron chi connectivity index (χ0n) is 27.9. The number of nitrogens with zero attached hydrogens (tertiary/aromatic N) is 6. The lowest BCUT2D eigenvalue weighted by molar-refractivity contribution is -0.144. The normalized spacial score (nSPS) is 23.1. The number of benzene rings is 1. The van der Waals surface area contributed by atoms with Crippen LogP contribution in [0.2, 0.25) is 0 Å². The summed E-state index contributed by atoms with van der Waals surface area (Å²) in [5, 5.41) is 13.5. The molecule has 1 amide bonds. The van der Waals surface area contributed by atoms with Crippen molar-refractivity contribution in [2.75, 3.05) is 4.90 Å². The Kier molecular flexibility index (Phi) is 11.0. The number of halogens is 6. The summed E-state index contributed by atoms with van der Waals surface area (Å²) >= 11 is 0. The van der Waals surface area contributed by atoms with E-state index in [1.165, 1.54) is 12.4 Å². The molecule has 1 aromatic carbocycles. The Morgan fingerprint density at radius 2 is 1.44 bits per heavy atom. The van der Waals surface area contributed by atoms with Gasteiger partial charge in [-0.05, 0) is 75.1 Å². The van der Waals surface area contributed by atoms with Crippen LogP contribution in [-0.2, 0) is 35.5 Å². The van der Waals surface area contributed by atoms with Crippen LogP contribution in [-0.4, -0.2) is 66.0 Å². The van der Waals surface area contributed by atoms with Crippen molar-refractivity contribution < 1.29 is 45.8 Å². The minimum atomic E-state index is -5.01. The maximum atomic E-state index is 13.8. The van der Waals surface area contributed by atoms with Crippen molar-refractivity contribution in [3.63, 3.8) is 0 Å². The summed E-state index contributed by atoms with van der Waals surface area (Å²) in [6.07, 6.45) is -1.20. The molecule has 1 aliphatic carbocycles. The van der Waals surface area contributed by atoms with E-state index in [4.69, 9.17) is 4.74 Å². The van der Waals surface area contributed by atoms with Gasteiger partial charge in [-0.25, -0.2) is 14.8 Å². The van der Waals surface area contributed by atoms with Crippen LogP contribution in [0.1, 0.15) is 81.9 Å². The Morgan fingerprint density at radius 3 is 1.90 bits per heavy atom. The molecule has 10 nitrogen and oxygen atoms in total. The van der Waals surface area contributed by atoms with Crippen LogP contribution in [0.5, 0.6) is 0 Å². The van der Waals surface area contributed by atoms with Crippen molar-refractivity contribution in [2.45, 2.75) is 108 Å². The first-order valence-electron chi connectivity index (χ1n) is 16.6. The Hall–Kier alpha value is -4.37. The van der Waals surface area contributed by atoms with Gasteiger partial charge in [0.25, 0.3) is 0 Å². The first-order chi connectivity index (χ1) is 23.6. The fourth-order valence-electron chi connectivity index (χ4n) is 7.02. The molecule has 272 valence electrons. The van der Waals surface area contributed by atoms with Crippen molar-refractivity contribution >= 4 is 18.0 Å². The molecule has 50 heavy (non-hydrogen) atoms. The molecule has 1 unspecified atom stereocenters. The topological polar surface area (TPSA) is 114 Å². The van der Waals surface area contributed by atoms with E-state index < -0.39 is 53.6 Å². The van der Waals surface area contributed by atoms with Crippen LogP contribution in [0.15, 0.2) is 43.0 Å².